The summed E-state index contributed by atoms with van der Waals surface area (Å²) < 4.78 is 49.8. The van der Waals surface area contributed by atoms with Gasteiger partial charge >= 0.3 is 0 Å². The molecule has 1 aliphatic rings. The molecular weight excluding hydrogens is 447 g/mol. The van der Waals surface area contributed by atoms with Gasteiger partial charge in [-0.05, 0) is 50.6 Å². The number of ether oxygens (including phenoxy) is 1. The number of halogens is 1. The van der Waals surface area contributed by atoms with Crippen LogP contribution in [-0.2, 0) is 9.84 Å². The fourth-order valence-corrected chi connectivity index (χ4v) is 5.14. The summed E-state index contributed by atoms with van der Waals surface area (Å²) in [4.78, 5) is 14.8. The Morgan fingerprint density at radius 2 is 1.94 bits per heavy atom. The SMILES string of the molecule is CNC(=O)c1c(-c2ccc(F)cc2)oc2cc(N3CCC(S(C)(=O)=O)C3)c(OC(C)C)cc12. The second-order valence-electron chi connectivity index (χ2n) is 8.56. The van der Waals surface area contributed by atoms with Crippen molar-refractivity contribution in [2.75, 3.05) is 31.3 Å². The molecule has 1 unspecified atom stereocenters. The van der Waals surface area contributed by atoms with Crippen LogP contribution in [0.5, 0.6) is 5.75 Å². The normalized spacial score (nSPS) is 16.5. The maximum absolute atomic E-state index is 13.5. The molecule has 3 aromatic rings. The molecule has 9 heteroatoms. The molecule has 0 bridgehead atoms. The van der Waals surface area contributed by atoms with Crippen LogP contribution in [-0.4, -0.2) is 52.1 Å². The molecule has 1 aromatic heterocycles. The fourth-order valence-electron chi connectivity index (χ4n) is 4.16. The number of hydrogen-bond acceptors (Lipinski definition) is 6. The van der Waals surface area contributed by atoms with Gasteiger partial charge in [0.25, 0.3) is 5.91 Å². The molecule has 0 saturated carbocycles. The molecule has 1 saturated heterocycles. The summed E-state index contributed by atoms with van der Waals surface area (Å²) in [7, 11) is -1.64. The second kappa shape index (κ2) is 8.70. The van der Waals surface area contributed by atoms with Crippen LogP contribution in [0.1, 0.15) is 30.6 Å². The van der Waals surface area contributed by atoms with E-state index in [1.165, 1.54) is 25.4 Å². The first-order valence-corrected chi connectivity index (χ1v) is 12.7. The lowest BCUT2D eigenvalue weighted by atomic mass is 10.0. The van der Waals surface area contributed by atoms with Crippen molar-refractivity contribution < 1.29 is 26.8 Å². The van der Waals surface area contributed by atoms with E-state index in [-0.39, 0.29) is 17.8 Å². The number of rotatable bonds is 6. The Balaban J connectivity index is 1.89. The number of sulfone groups is 1. The van der Waals surface area contributed by atoms with E-state index in [2.05, 4.69) is 5.32 Å². The Hall–Kier alpha value is -3.07. The number of furan rings is 1. The van der Waals surface area contributed by atoms with Crippen molar-refractivity contribution in [3.63, 3.8) is 0 Å². The highest BCUT2D eigenvalue weighted by Crippen LogP contribution is 2.42. The standard InChI is InChI=1S/C24H27FN2O5S/c1-14(2)31-21-11-18-20(12-19(21)27-10-9-17(13-27)33(4,29)30)32-23(22(18)24(28)26-3)15-5-7-16(25)8-6-15/h5-8,11-12,14,17H,9-10,13H2,1-4H3,(H,26,28). The van der Waals surface area contributed by atoms with E-state index < -0.39 is 15.1 Å². The predicted molar refractivity (Wildman–Crippen MR) is 126 cm³/mol. The minimum atomic E-state index is -3.17. The summed E-state index contributed by atoms with van der Waals surface area (Å²) in [6, 6.07) is 9.29. The molecule has 176 valence electrons. The molecule has 4 rings (SSSR count). The summed E-state index contributed by atoms with van der Waals surface area (Å²) in [6.07, 6.45) is 1.65. The zero-order valence-corrected chi connectivity index (χ0v) is 19.8. The number of amides is 1. The Labute approximate surface area is 192 Å². The average Bonchev–Trinajstić information content (AvgIpc) is 3.37. The smallest absolute Gasteiger partial charge is 0.255 e. The first kappa shape index (κ1) is 23.1. The minimum Gasteiger partial charge on any atom is -0.489 e. The van der Waals surface area contributed by atoms with Gasteiger partial charge in [-0.2, -0.15) is 0 Å². The maximum Gasteiger partial charge on any atom is 0.255 e. The van der Waals surface area contributed by atoms with Crippen molar-refractivity contribution in [1.82, 2.24) is 5.32 Å². The van der Waals surface area contributed by atoms with Crippen LogP contribution >= 0.6 is 0 Å². The summed E-state index contributed by atoms with van der Waals surface area (Å²) in [5.41, 5.74) is 2.07. The van der Waals surface area contributed by atoms with Crippen LogP contribution in [0.15, 0.2) is 40.8 Å². The van der Waals surface area contributed by atoms with Crippen LogP contribution in [0, 0.1) is 5.82 Å². The van der Waals surface area contributed by atoms with Gasteiger partial charge in [0.2, 0.25) is 0 Å². The number of nitrogens with one attached hydrogen (secondary N) is 1. The minimum absolute atomic E-state index is 0.138. The van der Waals surface area contributed by atoms with Crippen molar-refractivity contribution in [1.29, 1.82) is 0 Å². The summed E-state index contributed by atoms with van der Waals surface area (Å²) >= 11 is 0. The maximum atomic E-state index is 13.5. The molecule has 0 radical (unpaired) electrons. The molecule has 1 amide bonds. The van der Waals surface area contributed by atoms with Crippen LogP contribution in [0.4, 0.5) is 10.1 Å². The Morgan fingerprint density at radius 1 is 1.24 bits per heavy atom. The molecule has 0 aliphatic carbocycles. The average molecular weight is 475 g/mol. The van der Waals surface area contributed by atoms with E-state index in [1.807, 2.05) is 18.7 Å². The molecule has 33 heavy (non-hydrogen) atoms. The van der Waals surface area contributed by atoms with E-state index in [0.717, 1.165) is 0 Å². The Morgan fingerprint density at radius 3 is 2.52 bits per heavy atom. The molecular formula is C24H27FN2O5S. The van der Waals surface area contributed by atoms with Gasteiger partial charge < -0.3 is 19.4 Å². The van der Waals surface area contributed by atoms with E-state index >= 15 is 0 Å². The Bertz CT molecular complexity index is 1300. The molecule has 0 spiro atoms. The fraction of sp³-hybridized carbons (Fsp3) is 0.375. The lowest BCUT2D eigenvalue weighted by Crippen LogP contribution is -2.26. The molecule has 1 atom stereocenters. The monoisotopic (exact) mass is 474 g/mol. The second-order valence-corrected chi connectivity index (χ2v) is 10.9. The number of carbonyl (C=O) groups excluding carboxylic acids is 1. The topological polar surface area (TPSA) is 88.9 Å². The Kier molecular flexibility index (Phi) is 6.09. The number of nitrogens with zero attached hydrogens (tertiary/aromatic N) is 1. The van der Waals surface area contributed by atoms with E-state index in [4.69, 9.17) is 9.15 Å². The first-order chi connectivity index (χ1) is 15.6. The molecule has 1 aliphatic heterocycles. The number of anilines is 1. The number of benzene rings is 2. The molecule has 2 heterocycles. The highest BCUT2D eigenvalue weighted by molar-refractivity contribution is 7.91. The van der Waals surface area contributed by atoms with E-state index in [0.29, 0.717) is 58.8 Å². The van der Waals surface area contributed by atoms with Crippen molar-refractivity contribution in [2.45, 2.75) is 31.6 Å². The van der Waals surface area contributed by atoms with E-state index in [9.17, 15) is 17.6 Å². The van der Waals surface area contributed by atoms with Gasteiger partial charge in [0, 0.05) is 43.4 Å². The number of fused-ring (bicyclic) bond motifs is 1. The number of carbonyl (C=O) groups is 1. The molecule has 1 N–H and O–H groups in total. The van der Waals surface area contributed by atoms with Gasteiger partial charge in [-0.25, -0.2) is 12.8 Å². The number of hydrogen-bond donors (Lipinski definition) is 1. The predicted octanol–water partition coefficient (Wildman–Crippen LogP) is 4.01. The lowest BCUT2D eigenvalue weighted by Gasteiger charge is -2.23. The van der Waals surface area contributed by atoms with Crippen molar-refractivity contribution in [3.8, 4) is 17.1 Å². The quantitative estimate of drug-likeness (QED) is 0.581. The summed E-state index contributed by atoms with van der Waals surface area (Å²) in [5.74, 6) is 0.144. The van der Waals surface area contributed by atoms with Crippen LogP contribution in [0.2, 0.25) is 0 Å². The highest BCUT2D eigenvalue weighted by atomic mass is 32.2. The van der Waals surface area contributed by atoms with Gasteiger partial charge in [-0.1, -0.05) is 0 Å². The third-order valence-corrected chi connectivity index (χ3v) is 7.38. The molecule has 2 aromatic carbocycles. The summed E-state index contributed by atoms with van der Waals surface area (Å²) in [6.45, 7) is 4.71. The van der Waals surface area contributed by atoms with Gasteiger partial charge in [0.1, 0.15) is 22.9 Å². The third kappa shape index (κ3) is 4.55. The van der Waals surface area contributed by atoms with Crippen molar-refractivity contribution in [2.24, 2.45) is 0 Å². The van der Waals surface area contributed by atoms with Crippen molar-refractivity contribution >= 4 is 32.4 Å². The van der Waals surface area contributed by atoms with Gasteiger partial charge in [-0.15, -0.1) is 0 Å². The molecule has 7 nitrogen and oxygen atoms in total. The highest BCUT2D eigenvalue weighted by Gasteiger charge is 2.33. The van der Waals surface area contributed by atoms with Crippen molar-refractivity contribution in [3.05, 3.63) is 47.8 Å². The van der Waals surface area contributed by atoms with Crippen LogP contribution in [0.25, 0.3) is 22.3 Å². The molecule has 1 fully saturated rings. The first-order valence-electron chi connectivity index (χ1n) is 10.8. The third-order valence-electron chi connectivity index (χ3n) is 5.78. The zero-order valence-electron chi connectivity index (χ0n) is 19.0. The van der Waals surface area contributed by atoms with E-state index in [1.54, 1.807) is 24.3 Å². The van der Waals surface area contributed by atoms with Gasteiger partial charge in [-0.3, -0.25) is 4.79 Å². The van der Waals surface area contributed by atoms with Gasteiger partial charge in [0.15, 0.2) is 9.84 Å². The van der Waals surface area contributed by atoms with Crippen LogP contribution in [0.3, 0.4) is 0 Å². The van der Waals surface area contributed by atoms with Gasteiger partial charge in [0.05, 0.1) is 22.6 Å². The zero-order chi connectivity index (χ0) is 23.9. The summed E-state index contributed by atoms with van der Waals surface area (Å²) in [5, 5.41) is 2.75. The largest absolute Gasteiger partial charge is 0.489 e. The van der Waals surface area contributed by atoms with Crippen LogP contribution < -0.4 is 15.0 Å². The lowest BCUT2D eigenvalue weighted by molar-refractivity contribution is 0.0964.